The van der Waals surface area contributed by atoms with Gasteiger partial charge in [0.15, 0.2) is 0 Å². The van der Waals surface area contributed by atoms with Crippen LogP contribution < -0.4 is 9.47 Å². The SMILES string of the molecule is COc1ccc(CN(C[C@@H]2Cc3ncccc3CN2C(=O)OC(C)(C)C)[C@H]2CCCc3cccnc32)cc1.COc1ccc(CN(C[C@H]2Cc3ncccc3CN2C(=O)OC(C)(C)C)[C@H]2CCCc3cccnc32)cc1. The van der Waals surface area contributed by atoms with Crippen molar-refractivity contribution >= 4 is 12.2 Å². The molecule has 0 saturated carbocycles. The predicted molar refractivity (Wildman–Crippen MR) is 294 cm³/mol. The first-order valence-corrected chi connectivity index (χ1v) is 27.1. The summed E-state index contributed by atoms with van der Waals surface area (Å²) in [5, 5.41) is 0. The van der Waals surface area contributed by atoms with Crippen molar-refractivity contribution in [2.24, 2.45) is 0 Å². The fourth-order valence-electron chi connectivity index (χ4n) is 11.2. The minimum absolute atomic E-state index is 0.0698. The van der Waals surface area contributed by atoms with E-state index >= 15 is 0 Å². The van der Waals surface area contributed by atoms with Gasteiger partial charge in [-0.05, 0) is 162 Å². The molecule has 0 saturated heterocycles. The number of methoxy groups -OCH3 is 2. The molecule has 2 aliphatic heterocycles. The fourth-order valence-corrected chi connectivity index (χ4v) is 11.2. The Kier molecular flexibility index (Phi) is 17.0. The van der Waals surface area contributed by atoms with Crippen molar-refractivity contribution < 1.29 is 28.5 Å². The zero-order valence-electron chi connectivity index (χ0n) is 45.8. The molecule has 0 N–H and O–H groups in total. The van der Waals surface area contributed by atoms with Crippen molar-refractivity contribution in [3.8, 4) is 11.5 Å². The van der Waals surface area contributed by atoms with Crippen LogP contribution in [0.25, 0.3) is 0 Å². The average Bonchev–Trinajstić information content (AvgIpc) is 3.42. The molecule has 14 heteroatoms. The Labute approximate surface area is 449 Å². The van der Waals surface area contributed by atoms with E-state index in [1.165, 1.54) is 22.3 Å². The molecule has 2 aliphatic carbocycles. The number of amides is 2. The maximum Gasteiger partial charge on any atom is 0.410 e. The second kappa shape index (κ2) is 24.0. The highest BCUT2D eigenvalue weighted by Gasteiger charge is 2.39. The molecule has 14 nitrogen and oxygen atoms in total. The lowest BCUT2D eigenvalue weighted by Crippen LogP contribution is -2.52. The summed E-state index contributed by atoms with van der Waals surface area (Å²) >= 11 is 0. The molecule has 6 heterocycles. The van der Waals surface area contributed by atoms with Crippen molar-refractivity contribution in [2.45, 2.75) is 154 Å². The van der Waals surface area contributed by atoms with E-state index in [4.69, 9.17) is 28.9 Å². The smallest absolute Gasteiger partial charge is 0.410 e. The van der Waals surface area contributed by atoms with Gasteiger partial charge < -0.3 is 18.9 Å². The Balaban J connectivity index is 0.000000186. The van der Waals surface area contributed by atoms with Crippen LogP contribution in [0.15, 0.2) is 122 Å². The molecule has 0 bridgehead atoms. The fraction of sp³-hybridized carbons (Fsp3) is 0.452. The third-order valence-corrected chi connectivity index (χ3v) is 14.8. The lowest BCUT2D eigenvalue weighted by Gasteiger charge is -2.42. The van der Waals surface area contributed by atoms with Crippen LogP contribution in [-0.4, -0.2) is 102 Å². The van der Waals surface area contributed by atoms with Crippen molar-refractivity contribution in [3.05, 3.63) is 178 Å². The monoisotopic (exact) mass is 1030 g/mol. The molecule has 2 aromatic carbocycles. The molecule has 2 amide bonds. The highest BCUT2D eigenvalue weighted by atomic mass is 16.6. The summed E-state index contributed by atoms with van der Waals surface area (Å²) in [5.74, 6) is 1.69. The third kappa shape index (κ3) is 13.5. The van der Waals surface area contributed by atoms with Gasteiger partial charge in [0.25, 0.3) is 0 Å². The first-order chi connectivity index (χ1) is 36.6. The van der Waals surface area contributed by atoms with Crippen molar-refractivity contribution in [2.75, 3.05) is 27.3 Å². The molecule has 4 atom stereocenters. The van der Waals surface area contributed by atoms with Crippen LogP contribution in [0.5, 0.6) is 11.5 Å². The quantitative estimate of drug-likeness (QED) is 0.115. The lowest BCUT2D eigenvalue weighted by molar-refractivity contribution is 0.00279. The zero-order chi connectivity index (χ0) is 53.4. The van der Waals surface area contributed by atoms with Gasteiger partial charge >= 0.3 is 12.2 Å². The van der Waals surface area contributed by atoms with Gasteiger partial charge in [0, 0.05) is 75.2 Å². The highest BCUT2D eigenvalue weighted by molar-refractivity contribution is 5.70. The maximum absolute atomic E-state index is 13.5. The molecular formula is C62H76N8O6. The van der Waals surface area contributed by atoms with E-state index in [1.54, 1.807) is 14.2 Å². The molecule has 0 spiro atoms. The van der Waals surface area contributed by atoms with Gasteiger partial charge in [-0.15, -0.1) is 0 Å². The second-order valence-corrected chi connectivity index (χ2v) is 22.6. The molecule has 400 valence electrons. The van der Waals surface area contributed by atoms with Gasteiger partial charge in [0.2, 0.25) is 0 Å². The summed E-state index contributed by atoms with van der Waals surface area (Å²) in [7, 11) is 3.37. The Morgan fingerprint density at radius 3 is 1.26 bits per heavy atom. The van der Waals surface area contributed by atoms with Crippen LogP contribution in [0.1, 0.15) is 135 Å². The van der Waals surface area contributed by atoms with E-state index in [1.807, 2.05) is 125 Å². The number of aromatic nitrogens is 4. The van der Waals surface area contributed by atoms with Crippen LogP contribution >= 0.6 is 0 Å². The zero-order valence-corrected chi connectivity index (χ0v) is 45.8. The molecule has 76 heavy (non-hydrogen) atoms. The number of carbonyl (C=O) groups is 2. The van der Waals surface area contributed by atoms with Crippen molar-refractivity contribution in [3.63, 3.8) is 0 Å². The standard InChI is InChI=1S/2C31H38N4O3/c2*1-31(2,3)38-30(36)35-20-24-10-7-16-32-27(24)18-25(35)21-34(19-22-12-14-26(37-4)15-13-22)28-11-5-8-23-9-6-17-33-29(23)28/h2*6-7,9-10,12-17,25,28H,5,8,11,18-21H2,1-4H3/t25-,28+;25-,28-/m10/s1. The summed E-state index contributed by atoms with van der Waals surface area (Å²) in [5.41, 5.74) is 10.5. The van der Waals surface area contributed by atoms with Crippen LogP contribution in [0, 0.1) is 0 Å². The molecule has 4 aromatic heterocycles. The number of fused-ring (bicyclic) bond motifs is 4. The molecule has 0 fully saturated rings. The topological polar surface area (TPSA) is 136 Å². The predicted octanol–water partition coefficient (Wildman–Crippen LogP) is 11.5. The number of ether oxygens (including phenoxy) is 4. The highest BCUT2D eigenvalue weighted by Crippen LogP contribution is 2.38. The molecular weight excluding hydrogens is 953 g/mol. The Bertz CT molecular complexity index is 2710. The molecule has 4 aliphatic rings. The van der Waals surface area contributed by atoms with Gasteiger partial charge in [-0.3, -0.25) is 39.5 Å². The lowest BCUT2D eigenvalue weighted by atomic mass is 9.89. The minimum Gasteiger partial charge on any atom is -0.497 e. The Morgan fingerprint density at radius 1 is 0.526 bits per heavy atom. The normalized spacial score (nSPS) is 19.0. The van der Waals surface area contributed by atoms with Crippen LogP contribution in [0.3, 0.4) is 0 Å². The summed E-state index contributed by atoms with van der Waals surface area (Å²) in [4.78, 5) is 54.8. The van der Waals surface area contributed by atoms with Gasteiger partial charge in [0.05, 0.1) is 62.9 Å². The van der Waals surface area contributed by atoms with Crippen LogP contribution in [0.2, 0.25) is 0 Å². The van der Waals surface area contributed by atoms with E-state index in [9.17, 15) is 9.59 Å². The molecule has 0 radical (unpaired) electrons. The number of hydrogen-bond donors (Lipinski definition) is 0. The van der Waals surface area contributed by atoms with E-state index in [0.717, 1.165) is 97.0 Å². The average molecular weight is 1030 g/mol. The van der Waals surface area contributed by atoms with Gasteiger partial charge in [0.1, 0.15) is 22.7 Å². The minimum atomic E-state index is -0.564. The van der Waals surface area contributed by atoms with Crippen LogP contribution in [0.4, 0.5) is 9.59 Å². The summed E-state index contributed by atoms with van der Waals surface area (Å²) in [6, 6.07) is 33.2. The van der Waals surface area contributed by atoms with E-state index in [0.29, 0.717) is 39.0 Å². The van der Waals surface area contributed by atoms with Gasteiger partial charge in [-0.1, -0.05) is 48.5 Å². The second-order valence-electron chi connectivity index (χ2n) is 22.6. The maximum atomic E-state index is 13.5. The summed E-state index contributed by atoms with van der Waals surface area (Å²) in [6.07, 6.45) is 14.7. The number of hydrogen-bond acceptors (Lipinski definition) is 12. The number of rotatable bonds is 12. The summed E-state index contributed by atoms with van der Waals surface area (Å²) < 4.78 is 22.5. The first-order valence-electron chi connectivity index (χ1n) is 27.1. The summed E-state index contributed by atoms with van der Waals surface area (Å²) in [6.45, 7) is 15.4. The van der Waals surface area contributed by atoms with E-state index in [-0.39, 0.29) is 36.4 Å². The molecule has 0 unspecified atom stereocenters. The third-order valence-electron chi connectivity index (χ3n) is 14.8. The number of carbonyl (C=O) groups excluding carboxylic acids is 2. The number of nitrogens with zero attached hydrogens (tertiary/aromatic N) is 8. The van der Waals surface area contributed by atoms with Crippen LogP contribution in [-0.2, 0) is 61.3 Å². The molecule has 10 rings (SSSR count). The van der Waals surface area contributed by atoms with E-state index in [2.05, 4.69) is 68.3 Å². The largest absolute Gasteiger partial charge is 0.497 e. The number of benzene rings is 2. The number of aryl methyl sites for hydroxylation is 2. The Morgan fingerprint density at radius 2 is 0.895 bits per heavy atom. The van der Waals surface area contributed by atoms with Crippen molar-refractivity contribution in [1.29, 1.82) is 0 Å². The van der Waals surface area contributed by atoms with Crippen molar-refractivity contribution in [1.82, 2.24) is 39.5 Å². The van der Waals surface area contributed by atoms with E-state index < -0.39 is 11.2 Å². The first kappa shape index (κ1) is 53.9. The molecule has 6 aromatic rings. The van der Waals surface area contributed by atoms with Gasteiger partial charge in [-0.2, -0.15) is 0 Å². The Hall–Kier alpha value is -6.90. The number of pyridine rings is 4. The van der Waals surface area contributed by atoms with Gasteiger partial charge in [-0.25, -0.2) is 9.59 Å².